The van der Waals surface area contributed by atoms with Gasteiger partial charge in [-0.2, -0.15) is 0 Å². The summed E-state index contributed by atoms with van der Waals surface area (Å²) in [7, 11) is 0. The second-order valence-corrected chi connectivity index (χ2v) is 2.87. The first-order chi connectivity index (χ1) is 4.83. The fourth-order valence-electron chi connectivity index (χ4n) is 1.64. The molecule has 4 heteroatoms. The molecule has 11 heavy (non-hydrogen) atoms. The summed E-state index contributed by atoms with van der Waals surface area (Å²) in [5, 5.41) is 8.86. The summed E-state index contributed by atoms with van der Waals surface area (Å²) in [4.78, 5) is 0. The molecule has 2 aliphatic heterocycles. The highest BCUT2D eigenvalue weighted by Gasteiger charge is 2.43. The van der Waals surface area contributed by atoms with E-state index in [4.69, 9.17) is 15.6 Å². The maximum absolute atomic E-state index is 8.86. The molecule has 4 unspecified atom stereocenters. The van der Waals surface area contributed by atoms with Gasteiger partial charge in [0.25, 0.3) is 0 Å². The molecular weight excluding hydrogens is 166 g/mol. The molecule has 3 nitrogen and oxygen atoms in total. The molecule has 2 bridgehead atoms. The number of hydrogen-bond donors (Lipinski definition) is 2. The Morgan fingerprint density at radius 1 is 1.36 bits per heavy atom. The van der Waals surface area contributed by atoms with E-state index in [0.29, 0.717) is 0 Å². The smallest absolute Gasteiger partial charge is 0.0920 e. The van der Waals surface area contributed by atoms with E-state index in [0.717, 1.165) is 0 Å². The molecule has 0 aromatic heterocycles. The Labute approximate surface area is 71.6 Å². The summed E-state index contributed by atoms with van der Waals surface area (Å²) in [6.45, 7) is 0.132. The topological polar surface area (TPSA) is 55.5 Å². The van der Waals surface area contributed by atoms with Gasteiger partial charge in [-0.25, -0.2) is 0 Å². The number of ether oxygens (including phenoxy) is 1. The van der Waals surface area contributed by atoms with E-state index in [2.05, 4.69) is 0 Å². The molecule has 0 aliphatic carbocycles. The largest absolute Gasteiger partial charge is 0.396 e. The van der Waals surface area contributed by atoms with Crippen molar-refractivity contribution >= 4 is 12.4 Å². The summed E-state index contributed by atoms with van der Waals surface area (Å²) < 4.78 is 5.39. The first-order valence-corrected chi connectivity index (χ1v) is 3.53. The minimum absolute atomic E-state index is 0. The van der Waals surface area contributed by atoms with Gasteiger partial charge in [0, 0.05) is 12.0 Å². The lowest BCUT2D eigenvalue weighted by molar-refractivity contribution is 0.0946. The Bertz CT molecular complexity index is 174. The number of halogens is 1. The molecule has 1 fully saturated rings. The number of rotatable bonds is 1. The van der Waals surface area contributed by atoms with Crippen LogP contribution in [0.3, 0.4) is 0 Å². The minimum Gasteiger partial charge on any atom is -0.396 e. The number of fused-ring (bicyclic) bond motifs is 2. The Morgan fingerprint density at radius 3 is 2.36 bits per heavy atom. The number of hydrogen-bond acceptors (Lipinski definition) is 3. The fraction of sp³-hybridized carbons (Fsp3) is 0.714. The van der Waals surface area contributed by atoms with Crippen molar-refractivity contribution in [2.45, 2.75) is 18.2 Å². The molecule has 4 atom stereocenters. The number of aliphatic hydroxyl groups excluding tert-OH is 1. The van der Waals surface area contributed by atoms with Crippen LogP contribution in [-0.2, 0) is 4.74 Å². The molecule has 3 N–H and O–H groups in total. The van der Waals surface area contributed by atoms with Gasteiger partial charge >= 0.3 is 0 Å². The molecule has 0 aromatic rings. The Balaban J connectivity index is 0.000000605. The third kappa shape index (κ3) is 1.18. The second kappa shape index (κ2) is 3.11. The predicted octanol–water partition coefficient (Wildman–Crippen LogP) is -0.319. The van der Waals surface area contributed by atoms with Crippen LogP contribution in [0.4, 0.5) is 0 Å². The zero-order valence-corrected chi connectivity index (χ0v) is 6.83. The van der Waals surface area contributed by atoms with Gasteiger partial charge in [-0.3, -0.25) is 0 Å². The van der Waals surface area contributed by atoms with Crippen LogP contribution in [0.1, 0.15) is 0 Å². The Morgan fingerprint density at radius 2 is 2.00 bits per heavy atom. The van der Waals surface area contributed by atoms with Gasteiger partial charge in [-0.15, -0.1) is 12.4 Å². The lowest BCUT2D eigenvalue weighted by atomic mass is 9.91. The standard InChI is InChI=1S/C7H11NO2.ClH/c8-7-4(3-9)5-1-2-6(7)10-5;/h1-2,4-7,9H,3,8H2;1H. The first kappa shape index (κ1) is 9.00. The quantitative estimate of drug-likeness (QED) is 0.540. The summed E-state index contributed by atoms with van der Waals surface area (Å²) in [5.41, 5.74) is 5.74. The van der Waals surface area contributed by atoms with Crippen molar-refractivity contribution in [2.75, 3.05) is 6.61 Å². The highest BCUT2D eigenvalue weighted by molar-refractivity contribution is 5.85. The van der Waals surface area contributed by atoms with Crippen LogP contribution < -0.4 is 5.73 Å². The van der Waals surface area contributed by atoms with Crippen molar-refractivity contribution in [1.29, 1.82) is 0 Å². The molecule has 0 aromatic carbocycles. The summed E-state index contributed by atoms with van der Waals surface area (Å²) in [5.74, 6) is 0.120. The molecule has 1 saturated heterocycles. The molecule has 2 heterocycles. The number of aliphatic hydroxyl groups is 1. The fourth-order valence-corrected chi connectivity index (χ4v) is 1.64. The third-order valence-corrected chi connectivity index (χ3v) is 2.31. The van der Waals surface area contributed by atoms with Gasteiger partial charge in [0.2, 0.25) is 0 Å². The minimum atomic E-state index is -0.000000000000000222. The summed E-state index contributed by atoms with van der Waals surface area (Å²) >= 11 is 0. The molecule has 0 amide bonds. The van der Waals surface area contributed by atoms with Crippen molar-refractivity contribution < 1.29 is 9.84 Å². The lowest BCUT2D eigenvalue weighted by Gasteiger charge is -2.18. The van der Waals surface area contributed by atoms with Gasteiger partial charge in [-0.1, -0.05) is 12.2 Å². The van der Waals surface area contributed by atoms with Crippen molar-refractivity contribution in [3.05, 3.63) is 12.2 Å². The third-order valence-electron chi connectivity index (χ3n) is 2.31. The predicted molar refractivity (Wildman–Crippen MR) is 43.6 cm³/mol. The van der Waals surface area contributed by atoms with E-state index in [1.165, 1.54) is 0 Å². The first-order valence-electron chi connectivity index (χ1n) is 3.53. The zero-order valence-electron chi connectivity index (χ0n) is 6.01. The van der Waals surface area contributed by atoms with Crippen LogP contribution in [-0.4, -0.2) is 30.0 Å². The molecule has 0 saturated carbocycles. The molecule has 2 aliphatic rings. The van der Waals surface area contributed by atoms with Crippen LogP contribution in [0.2, 0.25) is 0 Å². The van der Waals surface area contributed by atoms with Gasteiger partial charge in [0.1, 0.15) is 0 Å². The highest BCUT2D eigenvalue weighted by Crippen LogP contribution is 2.32. The molecule has 0 radical (unpaired) electrons. The Kier molecular flexibility index (Phi) is 2.54. The average molecular weight is 178 g/mol. The van der Waals surface area contributed by atoms with Crippen LogP contribution in [0.25, 0.3) is 0 Å². The maximum Gasteiger partial charge on any atom is 0.0920 e. The van der Waals surface area contributed by atoms with Crippen LogP contribution >= 0.6 is 12.4 Å². The monoisotopic (exact) mass is 177 g/mol. The second-order valence-electron chi connectivity index (χ2n) is 2.87. The normalized spacial score (nSPS) is 46.0. The van der Waals surface area contributed by atoms with Crippen molar-refractivity contribution in [2.24, 2.45) is 11.7 Å². The molecular formula is C7H12ClNO2. The highest BCUT2D eigenvalue weighted by atomic mass is 35.5. The Hall–Kier alpha value is -0.0900. The van der Waals surface area contributed by atoms with Gasteiger partial charge in [0.05, 0.1) is 18.8 Å². The zero-order chi connectivity index (χ0) is 7.14. The average Bonchev–Trinajstić information content (AvgIpc) is 2.46. The summed E-state index contributed by atoms with van der Waals surface area (Å²) in [6.07, 6.45) is 4.09. The van der Waals surface area contributed by atoms with Gasteiger partial charge in [0.15, 0.2) is 0 Å². The van der Waals surface area contributed by atoms with Crippen molar-refractivity contribution in [1.82, 2.24) is 0 Å². The van der Waals surface area contributed by atoms with E-state index >= 15 is 0 Å². The van der Waals surface area contributed by atoms with E-state index in [1.807, 2.05) is 12.2 Å². The summed E-state index contributed by atoms with van der Waals surface area (Å²) in [6, 6.07) is -0.000000000000000222. The van der Waals surface area contributed by atoms with Gasteiger partial charge in [-0.05, 0) is 0 Å². The molecule has 64 valence electrons. The molecule has 2 rings (SSSR count). The van der Waals surface area contributed by atoms with E-state index in [1.54, 1.807) is 0 Å². The van der Waals surface area contributed by atoms with Crippen LogP contribution in [0.5, 0.6) is 0 Å². The van der Waals surface area contributed by atoms with Crippen molar-refractivity contribution in [3.63, 3.8) is 0 Å². The van der Waals surface area contributed by atoms with E-state index < -0.39 is 0 Å². The SMILES string of the molecule is Cl.NC1C2C=CC(O2)C1CO. The van der Waals surface area contributed by atoms with E-state index in [-0.39, 0.29) is 43.2 Å². The van der Waals surface area contributed by atoms with Crippen LogP contribution in [0, 0.1) is 5.92 Å². The van der Waals surface area contributed by atoms with Gasteiger partial charge < -0.3 is 15.6 Å². The lowest BCUT2D eigenvalue weighted by Crippen LogP contribution is -2.39. The number of nitrogens with two attached hydrogens (primary N) is 1. The van der Waals surface area contributed by atoms with Crippen LogP contribution in [0.15, 0.2) is 12.2 Å². The van der Waals surface area contributed by atoms with E-state index in [9.17, 15) is 0 Å². The molecule has 0 spiro atoms. The van der Waals surface area contributed by atoms with Crippen molar-refractivity contribution in [3.8, 4) is 0 Å². The maximum atomic E-state index is 8.86.